The van der Waals surface area contributed by atoms with Gasteiger partial charge >= 0.3 is 0 Å². The van der Waals surface area contributed by atoms with Crippen molar-refractivity contribution in [1.29, 1.82) is 0 Å². The van der Waals surface area contributed by atoms with Gasteiger partial charge in [0.1, 0.15) is 17.2 Å². The standard InChI is InChI=1S/C16H20N6S/c1-10-4-17-9-18-14(10)21-5-12-7-22(8-13(12)6-21)16-20-19-15(23-16)11-2-3-11/h4,9,11-13H,2-3,5-8H2,1H3. The summed E-state index contributed by atoms with van der Waals surface area (Å²) < 4.78 is 0. The number of hydrogen-bond donors (Lipinski definition) is 0. The maximum atomic E-state index is 4.48. The number of aryl methyl sites for hydroxylation is 1. The van der Waals surface area contributed by atoms with E-state index in [1.165, 1.54) is 23.4 Å². The molecule has 2 aromatic heterocycles. The normalized spacial score (nSPS) is 26.8. The van der Waals surface area contributed by atoms with Crippen molar-refractivity contribution in [2.24, 2.45) is 11.8 Å². The zero-order valence-electron chi connectivity index (χ0n) is 13.2. The van der Waals surface area contributed by atoms with E-state index in [9.17, 15) is 0 Å². The summed E-state index contributed by atoms with van der Waals surface area (Å²) in [5.74, 6) is 3.22. The first-order valence-corrected chi connectivity index (χ1v) is 9.19. The molecule has 1 saturated carbocycles. The predicted molar refractivity (Wildman–Crippen MR) is 90.1 cm³/mol. The van der Waals surface area contributed by atoms with Gasteiger partial charge in [0.15, 0.2) is 0 Å². The van der Waals surface area contributed by atoms with Crippen molar-refractivity contribution in [1.82, 2.24) is 20.2 Å². The molecular formula is C16H20N6S. The highest BCUT2D eigenvalue weighted by Crippen LogP contribution is 2.44. The zero-order valence-corrected chi connectivity index (χ0v) is 14.0. The van der Waals surface area contributed by atoms with Crippen molar-refractivity contribution in [2.75, 3.05) is 36.0 Å². The van der Waals surface area contributed by atoms with Crippen LogP contribution in [0.25, 0.3) is 0 Å². The Kier molecular flexibility index (Phi) is 3.04. The van der Waals surface area contributed by atoms with Crippen LogP contribution in [0.4, 0.5) is 10.9 Å². The topological polar surface area (TPSA) is 58.0 Å². The fraction of sp³-hybridized carbons (Fsp3) is 0.625. The van der Waals surface area contributed by atoms with Gasteiger partial charge < -0.3 is 9.80 Å². The zero-order chi connectivity index (χ0) is 15.4. The summed E-state index contributed by atoms with van der Waals surface area (Å²) in [6.07, 6.45) is 6.16. The molecule has 120 valence electrons. The third-order valence-electron chi connectivity index (χ3n) is 5.28. The predicted octanol–water partition coefficient (Wildman–Crippen LogP) is 2.09. The molecule has 3 fully saturated rings. The summed E-state index contributed by atoms with van der Waals surface area (Å²) in [5.41, 5.74) is 1.17. The van der Waals surface area contributed by atoms with Crippen LogP contribution in [0.3, 0.4) is 0 Å². The molecule has 2 unspecified atom stereocenters. The van der Waals surface area contributed by atoms with Crippen LogP contribution >= 0.6 is 11.3 Å². The van der Waals surface area contributed by atoms with Crippen LogP contribution in [-0.4, -0.2) is 46.3 Å². The fourth-order valence-electron chi connectivity index (χ4n) is 3.90. The van der Waals surface area contributed by atoms with Crippen LogP contribution < -0.4 is 9.80 Å². The van der Waals surface area contributed by atoms with Gasteiger partial charge in [-0.1, -0.05) is 11.3 Å². The molecule has 5 rings (SSSR count). The van der Waals surface area contributed by atoms with Gasteiger partial charge in [-0.15, -0.1) is 10.2 Å². The van der Waals surface area contributed by atoms with E-state index >= 15 is 0 Å². The molecule has 6 nitrogen and oxygen atoms in total. The van der Waals surface area contributed by atoms with Crippen LogP contribution in [0.2, 0.25) is 0 Å². The molecule has 0 aromatic carbocycles. The molecule has 2 aliphatic heterocycles. The lowest BCUT2D eigenvalue weighted by molar-refractivity contribution is 0.533. The molecule has 7 heteroatoms. The van der Waals surface area contributed by atoms with Crippen molar-refractivity contribution >= 4 is 22.3 Å². The molecule has 2 saturated heterocycles. The highest BCUT2D eigenvalue weighted by molar-refractivity contribution is 7.15. The lowest BCUT2D eigenvalue weighted by atomic mass is 10.0. The highest BCUT2D eigenvalue weighted by atomic mass is 32.1. The molecule has 2 aromatic rings. The number of aromatic nitrogens is 4. The van der Waals surface area contributed by atoms with Crippen LogP contribution in [-0.2, 0) is 0 Å². The largest absolute Gasteiger partial charge is 0.356 e. The number of hydrogen-bond acceptors (Lipinski definition) is 7. The monoisotopic (exact) mass is 328 g/mol. The minimum atomic E-state index is 0.706. The summed E-state index contributed by atoms with van der Waals surface area (Å²) >= 11 is 1.81. The average Bonchev–Trinajstić information content (AvgIpc) is 2.97. The Morgan fingerprint density at radius 2 is 1.78 bits per heavy atom. The minimum Gasteiger partial charge on any atom is -0.356 e. The Labute approximate surface area is 139 Å². The second kappa shape index (κ2) is 5.12. The van der Waals surface area contributed by atoms with Crippen LogP contribution in [0.1, 0.15) is 29.3 Å². The summed E-state index contributed by atoms with van der Waals surface area (Å²) in [4.78, 5) is 13.5. The number of fused-ring (bicyclic) bond motifs is 1. The van der Waals surface area contributed by atoms with E-state index in [1.807, 2.05) is 17.5 Å². The molecule has 0 bridgehead atoms. The van der Waals surface area contributed by atoms with Gasteiger partial charge in [-0.25, -0.2) is 9.97 Å². The maximum absolute atomic E-state index is 4.48. The molecule has 2 atom stereocenters. The molecule has 4 heterocycles. The van der Waals surface area contributed by atoms with Gasteiger partial charge in [0, 0.05) is 55.7 Å². The van der Waals surface area contributed by atoms with Crippen molar-refractivity contribution < 1.29 is 0 Å². The maximum Gasteiger partial charge on any atom is 0.208 e. The average molecular weight is 328 g/mol. The second-order valence-electron chi connectivity index (χ2n) is 7.06. The van der Waals surface area contributed by atoms with Crippen LogP contribution in [0.15, 0.2) is 12.5 Å². The quantitative estimate of drug-likeness (QED) is 0.860. The number of anilines is 2. The second-order valence-corrected chi connectivity index (χ2v) is 8.04. The number of nitrogens with zero attached hydrogens (tertiary/aromatic N) is 6. The fourth-order valence-corrected chi connectivity index (χ4v) is 4.93. The first kappa shape index (κ1) is 13.7. The molecule has 0 radical (unpaired) electrons. The van der Waals surface area contributed by atoms with E-state index in [-0.39, 0.29) is 0 Å². The molecule has 0 amide bonds. The van der Waals surface area contributed by atoms with E-state index in [4.69, 9.17) is 0 Å². The summed E-state index contributed by atoms with van der Waals surface area (Å²) in [7, 11) is 0. The van der Waals surface area contributed by atoms with Gasteiger partial charge in [-0.05, 0) is 19.8 Å². The van der Waals surface area contributed by atoms with Crippen LogP contribution in [0, 0.1) is 18.8 Å². The first-order chi connectivity index (χ1) is 11.3. The smallest absolute Gasteiger partial charge is 0.208 e. The third-order valence-corrected chi connectivity index (χ3v) is 6.43. The summed E-state index contributed by atoms with van der Waals surface area (Å²) in [6, 6.07) is 0. The molecule has 23 heavy (non-hydrogen) atoms. The van der Waals surface area contributed by atoms with Crippen molar-refractivity contribution in [2.45, 2.75) is 25.7 Å². The summed E-state index contributed by atoms with van der Waals surface area (Å²) in [5, 5.41) is 11.2. The van der Waals surface area contributed by atoms with Crippen molar-refractivity contribution in [3.63, 3.8) is 0 Å². The van der Waals surface area contributed by atoms with Crippen molar-refractivity contribution in [3.05, 3.63) is 23.1 Å². The highest BCUT2D eigenvalue weighted by Gasteiger charge is 2.42. The van der Waals surface area contributed by atoms with E-state index in [1.54, 1.807) is 6.33 Å². The van der Waals surface area contributed by atoms with Gasteiger partial charge in [-0.3, -0.25) is 0 Å². The Balaban J connectivity index is 1.28. The first-order valence-electron chi connectivity index (χ1n) is 8.38. The molecule has 3 aliphatic rings. The van der Waals surface area contributed by atoms with E-state index in [0.29, 0.717) is 17.8 Å². The Bertz CT molecular complexity index is 713. The van der Waals surface area contributed by atoms with E-state index in [2.05, 4.69) is 36.9 Å². The molecule has 0 N–H and O–H groups in total. The lowest BCUT2D eigenvalue weighted by Gasteiger charge is -2.22. The van der Waals surface area contributed by atoms with Crippen LogP contribution in [0.5, 0.6) is 0 Å². The van der Waals surface area contributed by atoms with E-state index in [0.717, 1.165) is 37.1 Å². The Morgan fingerprint density at radius 1 is 1.04 bits per heavy atom. The summed E-state index contributed by atoms with van der Waals surface area (Å²) in [6.45, 7) is 6.48. The lowest BCUT2D eigenvalue weighted by Crippen LogP contribution is -2.29. The van der Waals surface area contributed by atoms with Gasteiger partial charge in [0.25, 0.3) is 0 Å². The van der Waals surface area contributed by atoms with Crippen molar-refractivity contribution in [3.8, 4) is 0 Å². The van der Waals surface area contributed by atoms with Gasteiger partial charge in [0.2, 0.25) is 5.13 Å². The Morgan fingerprint density at radius 3 is 2.48 bits per heavy atom. The SMILES string of the molecule is Cc1cncnc1N1CC2CN(c3nnc(C4CC4)s3)CC2C1. The Hall–Kier alpha value is -1.76. The number of rotatable bonds is 3. The molecule has 1 aliphatic carbocycles. The molecular weight excluding hydrogens is 308 g/mol. The van der Waals surface area contributed by atoms with Gasteiger partial charge in [0.05, 0.1) is 0 Å². The van der Waals surface area contributed by atoms with E-state index < -0.39 is 0 Å². The third kappa shape index (κ3) is 2.38. The minimum absolute atomic E-state index is 0.706. The van der Waals surface area contributed by atoms with Gasteiger partial charge in [-0.2, -0.15) is 0 Å². The molecule has 0 spiro atoms.